The molecule has 40 heavy (non-hydrogen) atoms. The SMILES string of the molecule is CN1C[C@H](C(=O)N(CCC(=O)c2ccccc2)CCC(=O)c2ccccc2)C=C2c3cccc4[nH]cc(c34)C[C@H]21. The highest BCUT2D eigenvalue weighted by Crippen LogP contribution is 2.41. The van der Waals surface area contributed by atoms with Crippen molar-refractivity contribution in [2.75, 3.05) is 26.7 Å². The number of nitrogens with zero attached hydrogens (tertiary/aromatic N) is 2. The van der Waals surface area contributed by atoms with Crippen molar-refractivity contribution >= 4 is 33.9 Å². The number of rotatable bonds is 9. The number of carbonyl (C=O) groups is 3. The summed E-state index contributed by atoms with van der Waals surface area (Å²) in [6, 6.07) is 24.8. The van der Waals surface area contributed by atoms with E-state index < -0.39 is 0 Å². The summed E-state index contributed by atoms with van der Waals surface area (Å²) in [5.41, 5.74) is 6.06. The Morgan fingerprint density at radius 3 is 2.10 bits per heavy atom. The number of carbonyl (C=O) groups excluding carboxylic acids is 3. The maximum Gasteiger partial charge on any atom is 0.230 e. The zero-order valence-electron chi connectivity index (χ0n) is 22.7. The Kier molecular flexibility index (Phi) is 7.18. The molecule has 2 heterocycles. The number of aromatic nitrogens is 1. The molecule has 1 aliphatic heterocycles. The minimum absolute atomic E-state index is 0.00841. The van der Waals surface area contributed by atoms with Crippen LogP contribution in [0.25, 0.3) is 16.5 Å². The van der Waals surface area contributed by atoms with E-state index in [1.807, 2.05) is 36.4 Å². The fourth-order valence-corrected chi connectivity index (χ4v) is 6.18. The van der Waals surface area contributed by atoms with Crippen LogP contribution in [0.5, 0.6) is 0 Å². The Morgan fingerprint density at radius 1 is 0.850 bits per heavy atom. The van der Waals surface area contributed by atoms with Gasteiger partial charge in [-0.15, -0.1) is 0 Å². The molecule has 1 aromatic heterocycles. The molecule has 1 aliphatic carbocycles. The van der Waals surface area contributed by atoms with Crippen molar-refractivity contribution in [3.05, 3.63) is 113 Å². The van der Waals surface area contributed by atoms with E-state index in [4.69, 9.17) is 0 Å². The lowest BCUT2D eigenvalue weighted by Crippen LogP contribution is -2.48. The number of nitrogens with one attached hydrogen (secondary N) is 1. The summed E-state index contributed by atoms with van der Waals surface area (Å²) in [4.78, 5) is 47.3. The molecule has 1 amide bonds. The molecule has 6 nitrogen and oxygen atoms in total. The molecule has 2 atom stereocenters. The number of fused-ring (bicyclic) bond motifs is 2. The van der Waals surface area contributed by atoms with Gasteiger partial charge in [0.1, 0.15) is 0 Å². The average Bonchev–Trinajstić information content (AvgIpc) is 3.42. The number of amides is 1. The molecule has 0 unspecified atom stereocenters. The number of benzene rings is 3. The lowest BCUT2D eigenvalue weighted by molar-refractivity contribution is -0.134. The van der Waals surface area contributed by atoms with Gasteiger partial charge in [0.15, 0.2) is 11.6 Å². The molecular weight excluding hydrogens is 498 g/mol. The van der Waals surface area contributed by atoms with Gasteiger partial charge in [0.25, 0.3) is 0 Å². The first kappa shape index (κ1) is 26.0. The topological polar surface area (TPSA) is 73.5 Å². The molecule has 0 saturated heterocycles. The first-order valence-corrected chi connectivity index (χ1v) is 14.0. The van der Waals surface area contributed by atoms with Crippen LogP contribution in [-0.2, 0) is 11.2 Å². The molecule has 4 aromatic rings. The van der Waals surface area contributed by atoms with Crippen molar-refractivity contribution in [1.29, 1.82) is 0 Å². The van der Waals surface area contributed by atoms with Crippen LogP contribution in [0, 0.1) is 5.92 Å². The van der Waals surface area contributed by atoms with E-state index in [0.29, 0.717) is 17.7 Å². The zero-order chi connectivity index (χ0) is 27.6. The van der Waals surface area contributed by atoms with E-state index >= 15 is 0 Å². The van der Waals surface area contributed by atoms with E-state index in [9.17, 15) is 14.4 Å². The number of likely N-dealkylation sites (N-methyl/N-ethyl adjacent to an activating group) is 1. The van der Waals surface area contributed by atoms with E-state index in [-0.39, 0.29) is 55.4 Å². The molecular formula is C34H33N3O3. The number of H-pyrrole nitrogens is 1. The lowest BCUT2D eigenvalue weighted by Gasteiger charge is -2.40. The fourth-order valence-electron chi connectivity index (χ4n) is 6.18. The van der Waals surface area contributed by atoms with E-state index in [2.05, 4.69) is 47.4 Å². The van der Waals surface area contributed by atoms with Gasteiger partial charge >= 0.3 is 0 Å². The van der Waals surface area contributed by atoms with Gasteiger partial charge in [-0.25, -0.2) is 0 Å². The molecule has 0 fully saturated rings. The fraction of sp³-hybridized carbons (Fsp3) is 0.265. The Labute approximate surface area is 234 Å². The van der Waals surface area contributed by atoms with Gasteiger partial charge in [0, 0.05) is 66.7 Å². The smallest absolute Gasteiger partial charge is 0.230 e. The predicted molar refractivity (Wildman–Crippen MR) is 157 cm³/mol. The van der Waals surface area contributed by atoms with E-state index in [0.717, 1.165) is 11.9 Å². The van der Waals surface area contributed by atoms with Crippen LogP contribution in [0.2, 0.25) is 0 Å². The largest absolute Gasteiger partial charge is 0.361 e. The second-order valence-electron chi connectivity index (χ2n) is 10.8. The van der Waals surface area contributed by atoms with Crippen molar-refractivity contribution < 1.29 is 14.4 Å². The lowest BCUT2D eigenvalue weighted by atomic mass is 9.79. The second kappa shape index (κ2) is 11.1. The first-order chi connectivity index (χ1) is 19.5. The Morgan fingerprint density at radius 2 is 1.48 bits per heavy atom. The van der Waals surface area contributed by atoms with E-state index in [1.165, 1.54) is 22.1 Å². The number of aromatic amines is 1. The van der Waals surface area contributed by atoms with Crippen LogP contribution < -0.4 is 0 Å². The predicted octanol–water partition coefficient (Wildman–Crippen LogP) is 5.41. The summed E-state index contributed by atoms with van der Waals surface area (Å²) in [6.45, 7) is 1.15. The van der Waals surface area contributed by atoms with Gasteiger partial charge in [0.05, 0.1) is 5.92 Å². The van der Waals surface area contributed by atoms with Gasteiger partial charge < -0.3 is 9.88 Å². The van der Waals surface area contributed by atoms with Crippen LogP contribution in [-0.4, -0.2) is 65.0 Å². The highest BCUT2D eigenvalue weighted by molar-refractivity contribution is 6.00. The third kappa shape index (κ3) is 5.03. The molecule has 1 N–H and O–H groups in total. The van der Waals surface area contributed by atoms with Crippen LogP contribution in [0.3, 0.4) is 0 Å². The summed E-state index contributed by atoms with van der Waals surface area (Å²) in [6.07, 6.45) is 5.57. The number of ketones is 2. The third-order valence-corrected chi connectivity index (χ3v) is 8.31. The van der Waals surface area contributed by atoms with Gasteiger partial charge in [0.2, 0.25) is 5.91 Å². The second-order valence-corrected chi connectivity index (χ2v) is 10.8. The first-order valence-electron chi connectivity index (χ1n) is 14.0. The highest BCUT2D eigenvalue weighted by Gasteiger charge is 2.37. The molecule has 6 heteroatoms. The van der Waals surface area contributed by atoms with Crippen LogP contribution in [0.15, 0.2) is 91.1 Å². The third-order valence-electron chi connectivity index (χ3n) is 8.31. The molecule has 6 rings (SSSR count). The van der Waals surface area contributed by atoms with Crippen molar-refractivity contribution in [2.45, 2.75) is 25.3 Å². The number of Topliss-reactive ketones (excluding diaryl/α,β-unsaturated/α-hetero) is 2. The summed E-state index contributed by atoms with van der Waals surface area (Å²) in [5.74, 6) is -0.408. The van der Waals surface area contributed by atoms with E-state index in [1.54, 1.807) is 29.2 Å². The molecule has 2 aliphatic rings. The number of hydrogen-bond donors (Lipinski definition) is 1. The Balaban J connectivity index is 1.26. The summed E-state index contributed by atoms with van der Waals surface area (Å²) < 4.78 is 0. The molecule has 202 valence electrons. The van der Waals surface area contributed by atoms with Crippen LogP contribution in [0.1, 0.15) is 44.7 Å². The van der Waals surface area contributed by atoms with Crippen molar-refractivity contribution in [3.8, 4) is 0 Å². The zero-order valence-corrected chi connectivity index (χ0v) is 22.7. The molecule has 0 saturated carbocycles. The summed E-state index contributed by atoms with van der Waals surface area (Å²) in [7, 11) is 2.08. The highest BCUT2D eigenvalue weighted by atomic mass is 16.2. The van der Waals surface area contributed by atoms with Crippen LogP contribution in [0.4, 0.5) is 0 Å². The maximum atomic E-state index is 14.1. The van der Waals surface area contributed by atoms with Crippen molar-refractivity contribution in [3.63, 3.8) is 0 Å². The van der Waals surface area contributed by atoms with Crippen molar-refractivity contribution in [1.82, 2.24) is 14.8 Å². The van der Waals surface area contributed by atoms with Gasteiger partial charge in [-0.1, -0.05) is 78.9 Å². The summed E-state index contributed by atoms with van der Waals surface area (Å²) in [5, 5.41) is 1.24. The van der Waals surface area contributed by atoms with Crippen LogP contribution >= 0.6 is 0 Å². The van der Waals surface area contributed by atoms with Gasteiger partial charge in [-0.2, -0.15) is 0 Å². The minimum Gasteiger partial charge on any atom is -0.361 e. The monoisotopic (exact) mass is 531 g/mol. The quantitative estimate of drug-likeness (QED) is 0.293. The van der Waals surface area contributed by atoms with Crippen molar-refractivity contribution in [2.24, 2.45) is 5.92 Å². The Hall–Kier alpha value is -4.29. The number of hydrogen-bond acceptors (Lipinski definition) is 4. The maximum absolute atomic E-state index is 14.1. The standard InChI is InChI=1S/C34H33N3O3/c1-36-22-26(19-28-27-13-8-14-29-33(27)25(21-35-29)20-30(28)36)34(40)37(17-15-31(38)23-9-4-2-5-10-23)18-16-32(39)24-11-6-3-7-12-24/h2-14,19,21,26,30,35H,15-18,20,22H2,1H3/t26-,30-/m1/s1. The summed E-state index contributed by atoms with van der Waals surface area (Å²) >= 11 is 0. The van der Waals surface area contributed by atoms with Gasteiger partial charge in [-0.3, -0.25) is 19.3 Å². The van der Waals surface area contributed by atoms with Gasteiger partial charge in [-0.05, 0) is 36.2 Å². The molecule has 3 aromatic carbocycles. The molecule has 0 spiro atoms. The molecule has 0 radical (unpaired) electrons. The normalized spacial score (nSPS) is 18.2. The molecule has 0 bridgehead atoms. The minimum atomic E-state index is -0.356. The Bertz CT molecular complexity index is 1530. The average molecular weight is 532 g/mol.